The molecular formula is C35H34O2Se. The number of carbonyl (C=O) groups excluding carboxylic acids is 1. The molecule has 1 atom stereocenters. The van der Waals surface area contributed by atoms with E-state index >= 15 is 0 Å². The third kappa shape index (κ3) is 4.77. The monoisotopic (exact) mass is 566 g/mol. The van der Waals surface area contributed by atoms with E-state index in [-0.39, 0.29) is 31.2 Å². The molecule has 0 fully saturated rings. The zero-order chi connectivity index (χ0) is 26.9. The summed E-state index contributed by atoms with van der Waals surface area (Å²) in [7, 11) is 0. The molecule has 2 nitrogen and oxygen atoms in total. The summed E-state index contributed by atoms with van der Waals surface area (Å²) in [6, 6.07) is 33.6. The Hall–Kier alpha value is -3.39. The topological polar surface area (TPSA) is 26.3 Å². The number of rotatable bonds is 6. The van der Waals surface area contributed by atoms with Gasteiger partial charge in [-0.1, -0.05) is 0 Å². The first-order valence-corrected chi connectivity index (χ1v) is 15.0. The number of hydrogen-bond donors (Lipinski definition) is 0. The van der Waals surface area contributed by atoms with E-state index in [0.29, 0.717) is 12.2 Å². The molecule has 0 aromatic heterocycles. The molecule has 0 radical (unpaired) electrons. The van der Waals surface area contributed by atoms with Crippen LogP contribution in [0.4, 0.5) is 0 Å². The summed E-state index contributed by atoms with van der Waals surface area (Å²) in [4.78, 5) is 15.4. The van der Waals surface area contributed by atoms with Crippen molar-refractivity contribution >= 4 is 26.5 Å². The van der Waals surface area contributed by atoms with Gasteiger partial charge in [-0.15, -0.1) is 0 Å². The standard InChI is InChI=1S/C35H34O2Se/c1-6-37-34(36)31-22-38-35(29-18-11-25(4)12-19-29,32-20-13-26(5)21-30(31)32)33(27-14-7-23(2)8-15-27)28-16-9-24(3)10-17-28/h7-22,33H,6H2,1-5H3. The molecule has 4 aromatic carbocycles. The molecule has 0 saturated carbocycles. The maximum atomic E-state index is 13.2. The molecule has 0 amide bonds. The first-order valence-electron chi connectivity index (χ1n) is 13.2. The summed E-state index contributed by atoms with van der Waals surface area (Å²) >= 11 is -0.0902. The van der Waals surface area contributed by atoms with E-state index in [1.54, 1.807) is 0 Å². The molecule has 0 bridgehead atoms. The Kier molecular flexibility index (Phi) is 7.43. The second kappa shape index (κ2) is 10.8. The van der Waals surface area contributed by atoms with Crippen molar-refractivity contribution in [3.8, 4) is 0 Å². The third-order valence-electron chi connectivity index (χ3n) is 7.43. The van der Waals surface area contributed by atoms with Gasteiger partial charge in [-0.05, 0) is 0 Å². The fourth-order valence-corrected chi connectivity index (χ4v) is 8.62. The maximum absolute atomic E-state index is 13.2. The van der Waals surface area contributed by atoms with Crippen molar-refractivity contribution < 1.29 is 9.53 Å². The van der Waals surface area contributed by atoms with Crippen LogP contribution in [-0.4, -0.2) is 27.5 Å². The Morgan fingerprint density at radius 1 is 0.737 bits per heavy atom. The van der Waals surface area contributed by atoms with E-state index in [1.807, 2.05) is 6.92 Å². The van der Waals surface area contributed by atoms with Gasteiger partial charge in [0.2, 0.25) is 0 Å². The molecule has 3 heteroatoms. The molecule has 0 aliphatic carbocycles. The molecule has 192 valence electrons. The van der Waals surface area contributed by atoms with Gasteiger partial charge in [0.25, 0.3) is 0 Å². The quantitative estimate of drug-likeness (QED) is 0.178. The summed E-state index contributed by atoms with van der Waals surface area (Å²) in [5.41, 5.74) is 11.6. The summed E-state index contributed by atoms with van der Waals surface area (Å²) < 4.78 is 5.17. The third-order valence-corrected chi connectivity index (χ3v) is 10.4. The van der Waals surface area contributed by atoms with Gasteiger partial charge in [-0.3, -0.25) is 0 Å². The number of fused-ring (bicyclic) bond motifs is 1. The zero-order valence-electron chi connectivity index (χ0n) is 22.7. The van der Waals surface area contributed by atoms with E-state index in [2.05, 4.69) is 124 Å². The molecule has 1 unspecified atom stereocenters. The van der Waals surface area contributed by atoms with Gasteiger partial charge in [-0.25, -0.2) is 0 Å². The molecule has 1 aliphatic heterocycles. The first-order chi connectivity index (χ1) is 18.3. The van der Waals surface area contributed by atoms with Crippen LogP contribution in [0, 0.1) is 27.7 Å². The van der Waals surface area contributed by atoms with Crippen molar-refractivity contribution in [2.24, 2.45) is 0 Å². The van der Waals surface area contributed by atoms with Gasteiger partial charge in [0, 0.05) is 0 Å². The van der Waals surface area contributed by atoms with Crippen LogP contribution in [0.3, 0.4) is 0 Å². The summed E-state index contributed by atoms with van der Waals surface area (Å²) in [6.45, 7) is 10.7. The zero-order valence-corrected chi connectivity index (χ0v) is 24.5. The van der Waals surface area contributed by atoms with Crippen LogP contribution in [0.2, 0.25) is 0 Å². The number of ether oxygens (including phenoxy) is 1. The Labute approximate surface area is 232 Å². The first kappa shape index (κ1) is 26.2. The number of aryl methyl sites for hydroxylation is 4. The van der Waals surface area contributed by atoms with E-state index in [4.69, 9.17) is 4.74 Å². The van der Waals surface area contributed by atoms with Crippen LogP contribution in [0.25, 0.3) is 5.57 Å². The van der Waals surface area contributed by atoms with Crippen LogP contribution in [0.15, 0.2) is 96.0 Å². The molecule has 0 N–H and O–H groups in total. The summed E-state index contributed by atoms with van der Waals surface area (Å²) in [6.07, 6.45) is 0. The van der Waals surface area contributed by atoms with Crippen molar-refractivity contribution in [2.75, 3.05) is 6.61 Å². The van der Waals surface area contributed by atoms with Crippen molar-refractivity contribution in [1.29, 1.82) is 0 Å². The molecule has 1 aliphatic rings. The van der Waals surface area contributed by atoms with Crippen LogP contribution >= 0.6 is 0 Å². The van der Waals surface area contributed by atoms with Gasteiger partial charge in [0.05, 0.1) is 0 Å². The van der Waals surface area contributed by atoms with Crippen molar-refractivity contribution in [3.05, 3.63) is 146 Å². The minimum absolute atomic E-state index is 0.0628. The SMILES string of the molecule is CCOC(=O)C1=C[Se]C(c2ccc(C)cc2)(C(c2ccc(C)cc2)c2ccc(C)cc2)c2ccc(C)cc21. The average molecular weight is 566 g/mol. The molecular weight excluding hydrogens is 531 g/mol. The van der Waals surface area contributed by atoms with Gasteiger partial charge < -0.3 is 0 Å². The number of esters is 1. The van der Waals surface area contributed by atoms with Crippen LogP contribution in [0.5, 0.6) is 0 Å². The molecule has 4 aromatic rings. The van der Waals surface area contributed by atoms with Crippen LogP contribution in [-0.2, 0) is 13.8 Å². The molecule has 1 heterocycles. The van der Waals surface area contributed by atoms with E-state index in [9.17, 15) is 4.79 Å². The number of carbonyl (C=O) groups is 1. The average Bonchev–Trinajstić information content (AvgIpc) is 2.91. The number of hydrogen-bond acceptors (Lipinski definition) is 2. The Morgan fingerprint density at radius 3 is 1.76 bits per heavy atom. The second-order valence-electron chi connectivity index (χ2n) is 10.3. The molecule has 5 rings (SSSR count). The molecule has 0 spiro atoms. The van der Waals surface area contributed by atoms with E-state index in [0.717, 1.165) is 11.1 Å². The second-order valence-corrected chi connectivity index (χ2v) is 12.6. The van der Waals surface area contributed by atoms with Crippen LogP contribution < -0.4 is 0 Å². The van der Waals surface area contributed by atoms with E-state index in [1.165, 1.54) is 38.9 Å². The van der Waals surface area contributed by atoms with Crippen molar-refractivity contribution in [3.63, 3.8) is 0 Å². The normalized spacial score (nSPS) is 16.6. The number of benzene rings is 4. The Bertz CT molecular complexity index is 1440. The summed E-state index contributed by atoms with van der Waals surface area (Å²) in [5, 5.41) is 0. The molecule has 38 heavy (non-hydrogen) atoms. The fraction of sp³-hybridized carbons (Fsp3) is 0.229. The summed E-state index contributed by atoms with van der Waals surface area (Å²) in [5.74, 6) is -0.172. The van der Waals surface area contributed by atoms with Crippen molar-refractivity contribution in [1.82, 2.24) is 0 Å². The predicted octanol–water partition coefficient (Wildman–Crippen LogP) is 7.62. The Balaban J connectivity index is 1.86. The molecule has 0 saturated heterocycles. The van der Waals surface area contributed by atoms with Crippen molar-refractivity contribution in [2.45, 2.75) is 44.9 Å². The van der Waals surface area contributed by atoms with Gasteiger partial charge in [0.1, 0.15) is 0 Å². The van der Waals surface area contributed by atoms with Gasteiger partial charge in [0.15, 0.2) is 0 Å². The van der Waals surface area contributed by atoms with Gasteiger partial charge in [-0.2, -0.15) is 0 Å². The van der Waals surface area contributed by atoms with E-state index < -0.39 is 0 Å². The van der Waals surface area contributed by atoms with Crippen LogP contribution in [0.1, 0.15) is 62.9 Å². The minimum atomic E-state index is -0.357. The van der Waals surface area contributed by atoms with Gasteiger partial charge >= 0.3 is 234 Å². The Morgan fingerprint density at radius 2 is 1.24 bits per heavy atom. The predicted molar refractivity (Wildman–Crippen MR) is 158 cm³/mol. The fourth-order valence-electron chi connectivity index (χ4n) is 5.45.